The molecule has 0 bridgehead atoms. The summed E-state index contributed by atoms with van der Waals surface area (Å²) in [7, 11) is 1.39. The van der Waals surface area contributed by atoms with Gasteiger partial charge in [0.2, 0.25) is 0 Å². The van der Waals surface area contributed by atoms with E-state index >= 15 is 0 Å². The number of fused-ring (bicyclic) bond motifs is 1. The van der Waals surface area contributed by atoms with Crippen LogP contribution in [0, 0.1) is 0 Å². The van der Waals surface area contributed by atoms with E-state index in [4.69, 9.17) is 0 Å². The molecule has 0 unspecified atom stereocenters. The highest BCUT2D eigenvalue weighted by molar-refractivity contribution is 5.89. The highest BCUT2D eigenvalue weighted by atomic mass is 16.5. The summed E-state index contributed by atoms with van der Waals surface area (Å²) < 4.78 is 4.63. The number of hydrogen-bond acceptors (Lipinski definition) is 2. The molecule has 3 nitrogen and oxygen atoms in total. The third-order valence-corrected chi connectivity index (χ3v) is 2.19. The van der Waals surface area contributed by atoms with Gasteiger partial charge in [0.05, 0.1) is 12.7 Å². The van der Waals surface area contributed by atoms with E-state index in [0.717, 1.165) is 18.7 Å². The van der Waals surface area contributed by atoms with E-state index in [0.29, 0.717) is 5.56 Å². The zero-order valence-corrected chi connectivity index (χ0v) is 7.41. The first-order valence-corrected chi connectivity index (χ1v) is 4.14. The van der Waals surface area contributed by atoms with Crippen LogP contribution in [-0.2, 0) is 17.8 Å². The largest absolute Gasteiger partial charge is 0.465 e. The van der Waals surface area contributed by atoms with Crippen molar-refractivity contribution in [2.45, 2.75) is 13.1 Å². The van der Waals surface area contributed by atoms with Crippen LogP contribution in [-0.4, -0.2) is 13.1 Å². The second-order valence-electron chi connectivity index (χ2n) is 3.01. The second kappa shape index (κ2) is 3.18. The molecule has 0 atom stereocenters. The third kappa shape index (κ3) is 1.42. The highest BCUT2D eigenvalue weighted by Gasteiger charge is 2.13. The Morgan fingerprint density at radius 1 is 1.38 bits per heavy atom. The van der Waals surface area contributed by atoms with Crippen molar-refractivity contribution in [2.24, 2.45) is 0 Å². The molecule has 0 spiro atoms. The van der Waals surface area contributed by atoms with Crippen molar-refractivity contribution < 1.29 is 9.53 Å². The van der Waals surface area contributed by atoms with Crippen molar-refractivity contribution in [1.29, 1.82) is 0 Å². The Balaban J connectivity index is 2.36. The summed E-state index contributed by atoms with van der Waals surface area (Å²) in [6.07, 6.45) is 0. The number of methoxy groups -OCH3 is 1. The average Bonchev–Trinajstić information content (AvgIpc) is 2.63. The average molecular weight is 176 g/mol. The molecule has 0 aliphatic carbocycles. The molecule has 1 aliphatic rings. The van der Waals surface area contributed by atoms with Crippen molar-refractivity contribution >= 4 is 5.97 Å². The molecular formula is C10H10NO2. The minimum absolute atomic E-state index is 0.283. The summed E-state index contributed by atoms with van der Waals surface area (Å²) in [6.45, 7) is 1.50. The number of carbonyl (C=O) groups is 1. The van der Waals surface area contributed by atoms with Gasteiger partial charge in [0, 0.05) is 13.1 Å². The molecule has 0 saturated carbocycles. The molecule has 13 heavy (non-hydrogen) atoms. The predicted molar refractivity (Wildman–Crippen MR) is 47.3 cm³/mol. The number of esters is 1. The molecule has 1 radical (unpaired) electrons. The Kier molecular flexibility index (Phi) is 2.02. The smallest absolute Gasteiger partial charge is 0.337 e. The maximum absolute atomic E-state index is 11.2. The maximum atomic E-state index is 11.2. The summed E-state index contributed by atoms with van der Waals surface area (Å²) in [6, 6.07) is 5.58. The Labute approximate surface area is 76.7 Å². The van der Waals surface area contributed by atoms with E-state index in [-0.39, 0.29) is 5.97 Å². The van der Waals surface area contributed by atoms with Crippen molar-refractivity contribution in [3.63, 3.8) is 0 Å². The molecule has 0 N–H and O–H groups in total. The molecule has 0 aromatic heterocycles. The summed E-state index contributed by atoms with van der Waals surface area (Å²) in [4.78, 5) is 11.2. The van der Waals surface area contributed by atoms with Crippen molar-refractivity contribution in [1.82, 2.24) is 5.32 Å². The lowest BCUT2D eigenvalue weighted by molar-refractivity contribution is 0.0600. The van der Waals surface area contributed by atoms with Gasteiger partial charge in [0.25, 0.3) is 0 Å². The fraction of sp³-hybridized carbons (Fsp3) is 0.300. The summed E-state index contributed by atoms with van der Waals surface area (Å²) in [5.74, 6) is -0.283. The quantitative estimate of drug-likeness (QED) is 0.601. The summed E-state index contributed by atoms with van der Waals surface area (Å²) in [5.41, 5.74) is 2.97. The van der Waals surface area contributed by atoms with Crippen molar-refractivity contribution in [3.05, 3.63) is 34.9 Å². The molecule has 0 amide bonds. The Bertz CT molecular complexity index is 347. The SMILES string of the molecule is COC(=O)c1ccc2c(c1)C[N]C2. The van der Waals surface area contributed by atoms with Crippen LogP contribution < -0.4 is 5.32 Å². The molecule has 1 aliphatic heterocycles. The molecule has 0 fully saturated rings. The number of hydrogen-bond donors (Lipinski definition) is 0. The van der Waals surface area contributed by atoms with Crippen LogP contribution in [0.25, 0.3) is 0 Å². The van der Waals surface area contributed by atoms with E-state index < -0.39 is 0 Å². The number of ether oxygens (including phenoxy) is 1. The first-order valence-electron chi connectivity index (χ1n) is 4.14. The number of rotatable bonds is 1. The number of benzene rings is 1. The van der Waals surface area contributed by atoms with E-state index in [9.17, 15) is 4.79 Å². The van der Waals surface area contributed by atoms with Crippen LogP contribution in [0.2, 0.25) is 0 Å². The van der Waals surface area contributed by atoms with Crippen LogP contribution in [0.3, 0.4) is 0 Å². The monoisotopic (exact) mass is 176 g/mol. The van der Waals surface area contributed by atoms with Gasteiger partial charge in [0.15, 0.2) is 0 Å². The third-order valence-electron chi connectivity index (χ3n) is 2.19. The lowest BCUT2D eigenvalue weighted by atomic mass is 10.1. The van der Waals surface area contributed by atoms with Crippen LogP contribution in [0.1, 0.15) is 21.5 Å². The van der Waals surface area contributed by atoms with Crippen molar-refractivity contribution in [2.75, 3.05) is 7.11 Å². The van der Waals surface area contributed by atoms with Crippen molar-refractivity contribution in [3.8, 4) is 0 Å². The van der Waals surface area contributed by atoms with Gasteiger partial charge < -0.3 is 4.74 Å². The standard InChI is InChI=1S/C10H10NO2/c1-13-10(12)7-2-3-8-5-11-6-9(8)4-7/h2-4H,5-6H2,1H3. The molecule has 3 heteroatoms. The Morgan fingerprint density at radius 3 is 2.92 bits per heavy atom. The van der Waals surface area contributed by atoms with E-state index in [1.54, 1.807) is 6.07 Å². The van der Waals surface area contributed by atoms with Crippen LogP contribution in [0.15, 0.2) is 18.2 Å². The van der Waals surface area contributed by atoms with Crippen LogP contribution in [0.5, 0.6) is 0 Å². The predicted octanol–water partition coefficient (Wildman–Crippen LogP) is 1.09. The molecule has 1 aromatic rings. The Morgan fingerprint density at radius 2 is 2.15 bits per heavy atom. The van der Waals surface area contributed by atoms with Gasteiger partial charge in [0.1, 0.15) is 0 Å². The minimum atomic E-state index is -0.283. The lowest BCUT2D eigenvalue weighted by Gasteiger charge is -2.01. The fourth-order valence-electron chi connectivity index (χ4n) is 1.47. The molecule has 67 valence electrons. The first-order chi connectivity index (χ1) is 6.31. The Hall–Kier alpha value is -1.35. The second-order valence-corrected chi connectivity index (χ2v) is 3.01. The van der Waals surface area contributed by atoms with Gasteiger partial charge in [-0.25, -0.2) is 10.1 Å². The van der Waals surface area contributed by atoms with Gasteiger partial charge in [-0.3, -0.25) is 0 Å². The molecular weight excluding hydrogens is 166 g/mol. The van der Waals surface area contributed by atoms with Crippen LogP contribution in [0.4, 0.5) is 0 Å². The zero-order chi connectivity index (χ0) is 9.26. The van der Waals surface area contributed by atoms with E-state index in [2.05, 4.69) is 10.1 Å². The fourth-order valence-corrected chi connectivity index (χ4v) is 1.47. The normalized spacial score (nSPS) is 13.9. The maximum Gasteiger partial charge on any atom is 0.337 e. The molecule has 1 aromatic carbocycles. The first kappa shape index (κ1) is 8.26. The summed E-state index contributed by atoms with van der Waals surface area (Å²) >= 11 is 0. The van der Waals surface area contributed by atoms with Gasteiger partial charge in [-0.15, -0.1) is 0 Å². The zero-order valence-electron chi connectivity index (χ0n) is 7.41. The molecule has 1 heterocycles. The van der Waals surface area contributed by atoms with E-state index in [1.807, 2.05) is 12.1 Å². The molecule has 2 rings (SSSR count). The molecule has 0 saturated heterocycles. The van der Waals surface area contributed by atoms with Gasteiger partial charge in [-0.05, 0) is 23.3 Å². The topological polar surface area (TPSA) is 40.4 Å². The lowest BCUT2D eigenvalue weighted by Crippen LogP contribution is -2.01. The van der Waals surface area contributed by atoms with Gasteiger partial charge in [-0.2, -0.15) is 0 Å². The number of carbonyl (C=O) groups excluding carboxylic acids is 1. The summed E-state index contributed by atoms with van der Waals surface area (Å²) in [5, 5.41) is 4.23. The highest BCUT2D eigenvalue weighted by Crippen LogP contribution is 2.18. The number of nitrogens with zero attached hydrogens (tertiary/aromatic N) is 1. The minimum Gasteiger partial charge on any atom is -0.465 e. The van der Waals surface area contributed by atoms with Gasteiger partial charge in [-0.1, -0.05) is 6.07 Å². The van der Waals surface area contributed by atoms with Gasteiger partial charge >= 0.3 is 5.97 Å². The van der Waals surface area contributed by atoms with Crippen LogP contribution >= 0.6 is 0 Å². The van der Waals surface area contributed by atoms with E-state index in [1.165, 1.54) is 12.7 Å².